The molecule has 0 aliphatic rings. The zero-order chi connectivity index (χ0) is 21.6. The molecule has 2 aromatic heterocycles. The van der Waals surface area contributed by atoms with Crippen molar-refractivity contribution in [1.29, 1.82) is 0 Å². The number of anilines is 2. The van der Waals surface area contributed by atoms with Crippen molar-refractivity contribution in [2.45, 2.75) is 4.90 Å². The molecule has 3 N–H and O–H groups in total. The van der Waals surface area contributed by atoms with E-state index in [4.69, 9.17) is 28.9 Å². The third-order valence-electron chi connectivity index (χ3n) is 4.46. The second-order valence-corrected chi connectivity index (χ2v) is 9.04. The van der Waals surface area contributed by atoms with Crippen molar-refractivity contribution in [2.24, 2.45) is 7.05 Å². The summed E-state index contributed by atoms with van der Waals surface area (Å²) in [7, 11) is -2.40. The molecule has 0 radical (unpaired) electrons. The highest BCUT2D eigenvalue weighted by Crippen LogP contribution is 2.36. The number of halogens is 3. The molecule has 0 aliphatic carbocycles. The highest BCUT2D eigenvalue weighted by Gasteiger charge is 2.22. The van der Waals surface area contributed by atoms with Gasteiger partial charge in [-0.1, -0.05) is 35.3 Å². The molecule has 0 saturated carbocycles. The molecule has 0 aliphatic heterocycles. The molecule has 4 rings (SSSR count). The number of nitrogens with one attached hydrogen (secondary N) is 1. The molecule has 11 heteroatoms. The Morgan fingerprint density at radius 3 is 2.50 bits per heavy atom. The predicted molar refractivity (Wildman–Crippen MR) is 116 cm³/mol. The number of hydrogen-bond donors (Lipinski definition) is 2. The van der Waals surface area contributed by atoms with Crippen LogP contribution >= 0.6 is 23.2 Å². The molecule has 7 nitrogen and oxygen atoms in total. The number of hydrogen-bond acceptors (Lipinski definition) is 5. The molecule has 2 heterocycles. The number of benzene rings is 2. The van der Waals surface area contributed by atoms with Crippen LogP contribution in [0.3, 0.4) is 0 Å². The summed E-state index contributed by atoms with van der Waals surface area (Å²) in [5.74, 6) is -0.584. The third kappa shape index (κ3) is 3.55. The summed E-state index contributed by atoms with van der Waals surface area (Å²) in [6, 6.07) is 8.20. The Hall–Kier alpha value is -2.88. The standard InChI is InChI=1S/C19H14Cl2FN5O2S/c1-27-8-14(16-18(23)24-9-25-19(16)27)13-3-2-4-15(17(13)22)26-30(28,29)12-6-10(20)5-11(21)7-12/h2-9,26H,1H3,(H2,23,24,25). The summed E-state index contributed by atoms with van der Waals surface area (Å²) in [6.07, 6.45) is 2.97. The lowest BCUT2D eigenvalue weighted by molar-refractivity contribution is 0.599. The van der Waals surface area contributed by atoms with Crippen molar-refractivity contribution < 1.29 is 12.8 Å². The summed E-state index contributed by atoms with van der Waals surface area (Å²) >= 11 is 11.8. The lowest BCUT2D eigenvalue weighted by Gasteiger charge is -2.12. The van der Waals surface area contributed by atoms with Gasteiger partial charge in [0.25, 0.3) is 10.0 Å². The second-order valence-electron chi connectivity index (χ2n) is 6.49. The minimum Gasteiger partial charge on any atom is -0.383 e. The molecule has 4 aromatic rings. The van der Waals surface area contributed by atoms with Gasteiger partial charge in [0, 0.05) is 34.4 Å². The molecule has 0 fully saturated rings. The lowest BCUT2D eigenvalue weighted by atomic mass is 10.0. The van der Waals surface area contributed by atoms with E-state index in [2.05, 4.69) is 14.7 Å². The second kappa shape index (κ2) is 7.42. The van der Waals surface area contributed by atoms with Crippen LogP contribution < -0.4 is 10.5 Å². The van der Waals surface area contributed by atoms with Crippen LogP contribution in [0, 0.1) is 5.82 Å². The first-order valence-corrected chi connectivity index (χ1v) is 10.7. The van der Waals surface area contributed by atoms with Crippen LogP contribution in [0.5, 0.6) is 0 Å². The third-order valence-corrected chi connectivity index (χ3v) is 6.24. The molecular weight excluding hydrogens is 452 g/mol. The summed E-state index contributed by atoms with van der Waals surface area (Å²) in [4.78, 5) is 7.95. The van der Waals surface area contributed by atoms with E-state index >= 15 is 4.39 Å². The molecule has 30 heavy (non-hydrogen) atoms. The van der Waals surface area contributed by atoms with Crippen LogP contribution in [-0.4, -0.2) is 23.0 Å². The Labute approximate surface area is 181 Å². The van der Waals surface area contributed by atoms with Gasteiger partial charge in [0.1, 0.15) is 17.8 Å². The maximum atomic E-state index is 15.4. The molecule has 154 valence electrons. The van der Waals surface area contributed by atoms with E-state index in [-0.39, 0.29) is 32.0 Å². The molecular formula is C19H14Cl2FN5O2S. The van der Waals surface area contributed by atoms with E-state index in [9.17, 15) is 8.42 Å². The van der Waals surface area contributed by atoms with Crippen molar-refractivity contribution in [1.82, 2.24) is 14.5 Å². The van der Waals surface area contributed by atoms with Gasteiger partial charge in [0.05, 0.1) is 16.0 Å². The molecule has 0 amide bonds. The first-order valence-electron chi connectivity index (χ1n) is 8.50. The van der Waals surface area contributed by atoms with Gasteiger partial charge in [-0.2, -0.15) is 0 Å². The number of nitrogens with two attached hydrogens (primary N) is 1. The van der Waals surface area contributed by atoms with Gasteiger partial charge in [-0.05, 0) is 24.3 Å². The summed E-state index contributed by atoms with van der Waals surface area (Å²) in [5, 5.41) is 0.757. The summed E-state index contributed by atoms with van der Waals surface area (Å²) < 4.78 is 44.8. The van der Waals surface area contributed by atoms with Crippen molar-refractivity contribution in [2.75, 3.05) is 10.5 Å². The van der Waals surface area contributed by atoms with Crippen LogP contribution in [0.4, 0.5) is 15.9 Å². The van der Waals surface area contributed by atoms with E-state index in [0.717, 1.165) is 0 Å². The minimum atomic E-state index is -4.14. The summed E-state index contributed by atoms with van der Waals surface area (Å²) in [5.41, 5.74) is 6.85. The first-order chi connectivity index (χ1) is 14.2. The predicted octanol–water partition coefficient (Wildman–Crippen LogP) is 4.46. The summed E-state index contributed by atoms with van der Waals surface area (Å²) in [6.45, 7) is 0. The normalized spacial score (nSPS) is 11.7. The Balaban J connectivity index is 1.82. The lowest BCUT2D eigenvalue weighted by Crippen LogP contribution is -2.14. The van der Waals surface area contributed by atoms with E-state index in [1.807, 2.05) is 0 Å². The topological polar surface area (TPSA) is 103 Å². The van der Waals surface area contributed by atoms with Gasteiger partial charge < -0.3 is 10.3 Å². The number of sulfonamides is 1. The van der Waals surface area contributed by atoms with Crippen molar-refractivity contribution in [3.05, 3.63) is 64.8 Å². The smallest absolute Gasteiger partial charge is 0.262 e. The highest BCUT2D eigenvalue weighted by atomic mass is 35.5. The highest BCUT2D eigenvalue weighted by molar-refractivity contribution is 7.92. The van der Waals surface area contributed by atoms with Gasteiger partial charge in [-0.25, -0.2) is 22.8 Å². The fourth-order valence-corrected chi connectivity index (χ4v) is 4.93. The number of aromatic nitrogens is 3. The SMILES string of the molecule is Cn1cc(-c2cccc(NS(=O)(=O)c3cc(Cl)cc(Cl)c3)c2F)c2c(N)ncnc21. The zero-order valence-corrected chi connectivity index (χ0v) is 17.7. The molecule has 0 spiro atoms. The molecule has 0 atom stereocenters. The number of fused-ring (bicyclic) bond motifs is 1. The van der Waals surface area contributed by atoms with Gasteiger partial charge >= 0.3 is 0 Å². The average Bonchev–Trinajstić information content (AvgIpc) is 3.00. The Morgan fingerprint density at radius 2 is 1.80 bits per heavy atom. The maximum Gasteiger partial charge on any atom is 0.262 e. The van der Waals surface area contributed by atoms with E-state index in [0.29, 0.717) is 16.6 Å². The van der Waals surface area contributed by atoms with Crippen LogP contribution in [0.15, 0.2) is 53.8 Å². The quantitative estimate of drug-likeness (QED) is 0.462. The number of nitrogens with zero attached hydrogens (tertiary/aromatic N) is 3. The number of aryl methyl sites for hydroxylation is 1. The fraction of sp³-hybridized carbons (Fsp3) is 0.0526. The number of rotatable bonds is 4. The average molecular weight is 466 g/mol. The largest absolute Gasteiger partial charge is 0.383 e. The van der Waals surface area contributed by atoms with Gasteiger partial charge in [0.2, 0.25) is 0 Å². The van der Waals surface area contributed by atoms with Gasteiger partial charge in [0.15, 0.2) is 5.82 Å². The van der Waals surface area contributed by atoms with Crippen LogP contribution in [0.2, 0.25) is 10.0 Å². The van der Waals surface area contributed by atoms with Crippen molar-refractivity contribution in [3.8, 4) is 11.1 Å². The first kappa shape index (κ1) is 20.4. The van der Waals surface area contributed by atoms with Crippen molar-refractivity contribution in [3.63, 3.8) is 0 Å². The minimum absolute atomic E-state index is 0.142. The van der Waals surface area contributed by atoms with E-state index in [1.165, 1.54) is 42.7 Å². The van der Waals surface area contributed by atoms with E-state index in [1.54, 1.807) is 17.8 Å². The fourth-order valence-electron chi connectivity index (χ4n) is 3.14. The van der Waals surface area contributed by atoms with E-state index < -0.39 is 15.8 Å². The molecule has 0 saturated heterocycles. The van der Waals surface area contributed by atoms with Gasteiger partial charge in [-0.15, -0.1) is 0 Å². The molecule has 2 aromatic carbocycles. The maximum absolute atomic E-state index is 15.4. The van der Waals surface area contributed by atoms with Crippen LogP contribution in [-0.2, 0) is 17.1 Å². The zero-order valence-electron chi connectivity index (χ0n) is 15.4. The van der Waals surface area contributed by atoms with Crippen molar-refractivity contribution >= 4 is 55.8 Å². The van der Waals surface area contributed by atoms with Crippen LogP contribution in [0.1, 0.15) is 0 Å². The Kier molecular flexibility index (Phi) is 5.05. The van der Waals surface area contributed by atoms with Gasteiger partial charge in [-0.3, -0.25) is 4.72 Å². The molecule has 0 unspecified atom stereocenters. The van der Waals surface area contributed by atoms with Crippen LogP contribution in [0.25, 0.3) is 22.2 Å². The monoisotopic (exact) mass is 465 g/mol. The molecule has 0 bridgehead atoms. The Bertz CT molecular complexity index is 1390. The number of nitrogen functional groups attached to an aromatic ring is 1. The Morgan fingerprint density at radius 1 is 1.10 bits per heavy atom.